The van der Waals surface area contributed by atoms with Gasteiger partial charge in [0.2, 0.25) is 0 Å². The first-order valence-electron chi connectivity index (χ1n) is 6.80. The molecule has 20 heavy (non-hydrogen) atoms. The maximum atomic E-state index is 5.68. The average Bonchev–Trinajstić information content (AvgIpc) is 2.43. The van der Waals surface area contributed by atoms with Gasteiger partial charge in [-0.25, -0.2) is 0 Å². The van der Waals surface area contributed by atoms with Gasteiger partial charge in [0, 0.05) is 23.8 Å². The van der Waals surface area contributed by atoms with Crippen molar-refractivity contribution in [2.45, 2.75) is 13.5 Å². The van der Waals surface area contributed by atoms with Gasteiger partial charge >= 0.3 is 0 Å². The maximum Gasteiger partial charge on any atom is 0.0407 e. The molecule has 2 aromatic rings. The van der Waals surface area contributed by atoms with E-state index in [-0.39, 0.29) is 0 Å². The molecule has 0 saturated heterocycles. The second kappa shape index (κ2) is 9.40. The van der Waals surface area contributed by atoms with Crippen LogP contribution in [-0.2, 0) is 6.54 Å². The van der Waals surface area contributed by atoms with Crippen LogP contribution in [0.4, 0.5) is 5.69 Å². The van der Waals surface area contributed by atoms with Crippen LogP contribution in [0.5, 0.6) is 0 Å². The van der Waals surface area contributed by atoms with Crippen molar-refractivity contribution in [3.8, 4) is 0 Å². The summed E-state index contributed by atoms with van der Waals surface area (Å²) in [5, 5.41) is 3.96. The predicted octanol–water partition coefficient (Wildman–Crippen LogP) is 4.52. The van der Waals surface area contributed by atoms with Gasteiger partial charge in [-0.2, -0.15) is 0 Å². The maximum absolute atomic E-state index is 5.68. The zero-order valence-corrected chi connectivity index (χ0v) is 13.2. The molecule has 0 aliphatic rings. The van der Waals surface area contributed by atoms with E-state index < -0.39 is 0 Å². The van der Waals surface area contributed by atoms with E-state index in [1.807, 2.05) is 30.3 Å². The molecule has 0 radical (unpaired) electrons. The fourth-order valence-corrected chi connectivity index (χ4v) is 1.85. The van der Waals surface area contributed by atoms with Crippen LogP contribution in [0, 0.1) is 0 Å². The number of nitrogens with zero attached hydrogens (tertiary/aromatic N) is 1. The molecule has 0 spiro atoms. The van der Waals surface area contributed by atoms with Crippen molar-refractivity contribution < 1.29 is 0 Å². The molecule has 2 nitrogen and oxygen atoms in total. The third-order valence-electron chi connectivity index (χ3n) is 2.57. The highest BCUT2D eigenvalue weighted by molar-refractivity contribution is 6.30. The SMILES string of the molecule is CCNc1ccc(Cl)cc1.CN(C)Cc1ccccc1. The number of benzene rings is 2. The third kappa shape index (κ3) is 7.17. The first kappa shape index (κ1) is 16.5. The van der Waals surface area contributed by atoms with Gasteiger partial charge in [-0.15, -0.1) is 0 Å². The lowest BCUT2D eigenvalue weighted by atomic mass is 10.2. The van der Waals surface area contributed by atoms with Crippen LogP contribution in [0.25, 0.3) is 0 Å². The minimum Gasteiger partial charge on any atom is -0.385 e. The lowest BCUT2D eigenvalue weighted by Gasteiger charge is -2.08. The first-order valence-corrected chi connectivity index (χ1v) is 7.17. The van der Waals surface area contributed by atoms with Gasteiger partial charge in [0.1, 0.15) is 0 Å². The molecule has 0 aliphatic carbocycles. The zero-order chi connectivity index (χ0) is 14.8. The highest BCUT2D eigenvalue weighted by Gasteiger charge is 1.90. The van der Waals surface area contributed by atoms with E-state index in [0.717, 1.165) is 23.8 Å². The minimum absolute atomic E-state index is 0.779. The molecule has 0 aromatic heterocycles. The van der Waals surface area contributed by atoms with Crippen molar-refractivity contribution in [2.75, 3.05) is 26.0 Å². The topological polar surface area (TPSA) is 15.3 Å². The fourth-order valence-electron chi connectivity index (χ4n) is 1.72. The monoisotopic (exact) mass is 290 g/mol. The standard InChI is InChI=1S/C9H13N.C8H10ClN/c1-10(2)8-9-6-4-3-5-7-9;1-2-10-8-5-3-7(9)4-6-8/h3-7H,8H2,1-2H3;3-6,10H,2H2,1H3. The highest BCUT2D eigenvalue weighted by atomic mass is 35.5. The Hall–Kier alpha value is -1.51. The van der Waals surface area contributed by atoms with Gasteiger partial charge in [-0.05, 0) is 50.8 Å². The number of hydrogen-bond acceptors (Lipinski definition) is 2. The Morgan fingerprint density at radius 1 is 0.950 bits per heavy atom. The predicted molar refractivity (Wildman–Crippen MR) is 89.4 cm³/mol. The molecule has 3 heteroatoms. The molecular formula is C17H23ClN2. The van der Waals surface area contributed by atoms with Crippen LogP contribution in [0.15, 0.2) is 54.6 Å². The van der Waals surface area contributed by atoms with E-state index in [1.54, 1.807) is 0 Å². The Kier molecular flexibility index (Phi) is 7.78. The van der Waals surface area contributed by atoms with E-state index in [0.29, 0.717) is 0 Å². The summed E-state index contributed by atoms with van der Waals surface area (Å²) in [6.07, 6.45) is 0. The summed E-state index contributed by atoms with van der Waals surface area (Å²) < 4.78 is 0. The van der Waals surface area contributed by atoms with Gasteiger partial charge in [0.15, 0.2) is 0 Å². The normalized spacial score (nSPS) is 9.85. The molecule has 0 heterocycles. The molecular weight excluding hydrogens is 268 g/mol. The van der Waals surface area contributed by atoms with Crippen LogP contribution in [0.2, 0.25) is 5.02 Å². The van der Waals surface area contributed by atoms with Crippen LogP contribution in [0.1, 0.15) is 12.5 Å². The first-order chi connectivity index (χ1) is 9.61. The summed E-state index contributed by atoms with van der Waals surface area (Å²) in [6, 6.07) is 18.1. The van der Waals surface area contributed by atoms with Gasteiger partial charge in [-0.3, -0.25) is 0 Å². The van der Waals surface area contributed by atoms with Crippen LogP contribution < -0.4 is 5.32 Å². The summed E-state index contributed by atoms with van der Waals surface area (Å²) in [6.45, 7) is 4.04. The summed E-state index contributed by atoms with van der Waals surface area (Å²) in [5.74, 6) is 0. The smallest absolute Gasteiger partial charge is 0.0407 e. The van der Waals surface area contributed by atoms with Crippen molar-refractivity contribution in [2.24, 2.45) is 0 Å². The van der Waals surface area contributed by atoms with Crippen LogP contribution in [-0.4, -0.2) is 25.5 Å². The Morgan fingerprint density at radius 2 is 1.55 bits per heavy atom. The van der Waals surface area contributed by atoms with Crippen LogP contribution >= 0.6 is 11.6 Å². The Balaban J connectivity index is 0.000000200. The average molecular weight is 291 g/mol. The molecule has 0 amide bonds. The van der Waals surface area contributed by atoms with Gasteiger partial charge in [0.25, 0.3) is 0 Å². The van der Waals surface area contributed by atoms with E-state index in [4.69, 9.17) is 11.6 Å². The number of nitrogens with one attached hydrogen (secondary N) is 1. The molecule has 0 atom stereocenters. The number of anilines is 1. The summed E-state index contributed by atoms with van der Waals surface area (Å²) in [4.78, 5) is 2.16. The van der Waals surface area contributed by atoms with Crippen LogP contribution in [0.3, 0.4) is 0 Å². The van der Waals surface area contributed by atoms with Gasteiger partial charge < -0.3 is 10.2 Å². The third-order valence-corrected chi connectivity index (χ3v) is 2.82. The lowest BCUT2D eigenvalue weighted by molar-refractivity contribution is 0.402. The molecule has 108 valence electrons. The number of hydrogen-bond donors (Lipinski definition) is 1. The van der Waals surface area contributed by atoms with E-state index in [2.05, 4.69) is 55.5 Å². The highest BCUT2D eigenvalue weighted by Crippen LogP contribution is 2.12. The van der Waals surface area contributed by atoms with Crippen molar-refractivity contribution in [3.63, 3.8) is 0 Å². The Bertz CT molecular complexity index is 466. The number of rotatable bonds is 4. The van der Waals surface area contributed by atoms with Crippen molar-refractivity contribution in [3.05, 3.63) is 65.2 Å². The largest absolute Gasteiger partial charge is 0.385 e. The Labute approximate surface area is 127 Å². The molecule has 0 unspecified atom stereocenters. The quantitative estimate of drug-likeness (QED) is 0.890. The summed E-state index contributed by atoms with van der Waals surface area (Å²) in [7, 11) is 4.15. The fraction of sp³-hybridized carbons (Fsp3) is 0.294. The van der Waals surface area contributed by atoms with Gasteiger partial charge in [-0.1, -0.05) is 41.9 Å². The van der Waals surface area contributed by atoms with Gasteiger partial charge in [0.05, 0.1) is 0 Å². The van der Waals surface area contributed by atoms with E-state index >= 15 is 0 Å². The second-order valence-electron chi connectivity index (χ2n) is 4.76. The molecule has 0 fully saturated rings. The lowest BCUT2D eigenvalue weighted by Crippen LogP contribution is -2.10. The van der Waals surface area contributed by atoms with Crippen molar-refractivity contribution in [1.82, 2.24) is 4.90 Å². The zero-order valence-electron chi connectivity index (χ0n) is 12.4. The number of halogens is 1. The Morgan fingerprint density at radius 3 is 2.05 bits per heavy atom. The summed E-state index contributed by atoms with van der Waals surface area (Å²) in [5.41, 5.74) is 2.49. The van der Waals surface area contributed by atoms with E-state index in [9.17, 15) is 0 Å². The van der Waals surface area contributed by atoms with Crippen molar-refractivity contribution >= 4 is 17.3 Å². The summed E-state index contributed by atoms with van der Waals surface area (Å²) >= 11 is 5.68. The molecule has 2 aromatic carbocycles. The molecule has 0 bridgehead atoms. The molecule has 1 N–H and O–H groups in total. The molecule has 0 aliphatic heterocycles. The van der Waals surface area contributed by atoms with E-state index in [1.165, 1.54) is 5.56 Å². The second-order valence-corrected chi connectivity index (χ2v) is 5.20. The van der Waals surface area contributed by atoms with Crippen molar-refractivity contribution in [1.29, 1.82) is 0 Å². The molecule has 2 rings (SSSR count). The minimum atomic E-state index is 0.779. The molecule has 0 saturated carbocycles.